The van der Waals surface area contributed by atoms with Crippen LogP contribution in [0.1, 0.15) is 32.5 Å². The van der Waals surface area contributed by atoms with Crippen LogP contribution in [-0.4, -0.2) is 29.9 Å². The van der Waals surface area contributed by atoms with Gasteiger partial charge in [0.1, 0.15) is 10.8 Å². The van der Waals surface area contributed by atoms with E-state index in [1.165, 1.54) is 16.0 Å². The Labute approximate surface area is 176 Å². The number of guanidine groups is 1. The van der Waals surface area contributed by atoms with Gasteiger partial charge < -0.3 is 15.1 Å². The molecule has 0 atom stereocenters. The first-order valence-electron chi connectivity index (χ1n) is 9.70. The summed E-state index contributed by atoms with van der Waals surface area (Å²) in [5, 5.41) is 7.84. The average Bonchev–Trinajstić information content (AvgIpc) is 3.32. The molecule has 0 fully saturated rings. The van der Waals surface area contributed by atoms with Crippen molar-refractivity contribution >= 4 is 17.3 Å². The Morgan fingerprint density at radius 1 is 1.07 bits per heavy atom. The number of thiazole rings is 1. The molecule has 6 nitrogen and oxygen atoms in total. The minimum absolute atomic E-state index is 0.673. The van der Waals surface area contributed by atoms with Crippen LogP contribution in [0.4, 0.5) is 0 Å². The molecule has 0 aliphatic rings. The van der Waals surface area contributed by atoms with E-state index in [9.17, 15) is 0 Å². The lowest BCUT2D eigenvalue weighted by molar-refractivity contribution is 0.287. The Morgan fingerprint density at radius 2 is 1.83 bits per heavy atom. The van der Waals surface area contributed by atoms with Gasteiger partial charge in [0, 0.05) is 25.0 Å². The van der Waals surface area contributed by atoms with Crippen LogP contribution in [0.15, 0.2) is 52.1 Å². The number of aromatic nitrogens is 1. The fourth-order valence-electron chi connectivity index (χ4n) is 3.07. The standard InChI is InChI=1S/C22H29N5OS/c1-16-17(2)29-21(26-16)13-25-22(23-3)24-12-18-8-5-6-9-19(18)14-27(4)15-20-10-7-11-28-20/h5-11H,12-15H2,1-4H3,(H2,23,24,25). The Balaban J connectivity index is 1.55. The summed E-state index contributed by atoms with van der Waals surface area (Å²) in [6, 6.07) is 12.4. The van der Waals surface area contributed by atoms with Crippen LogP contribution >= 0.6 is 11.3 Å². The number of hydrogen-bond donors (Lipinski definition) is 2. The van der Waals surface area contributed by atoms with Gasteiger partial charge in [0.2, 0.25) is 0 Å². The first-order valence-corrected chi connectivity index (χ1v) is 10.5. The van der Waals surface area contributed by atoms with Gasteiger partial charge >= 0.3 is 0 Å². The van der Waals surface area contributed by atoms with E-state index in [1.807, 2.05) is 19.1 Å². The van der Waals surface area contributed by atoms with E-state index in [-0.39, 0.29) is 0 Å². The molecular weight excluding hydrogens is 382 g/mol. The monoisotopic (exact) mass is 411 g/mol. The third kappa shape index (κ3) is 6.17. The number of hydrogen-bond acceptors (Lipinski definition) is 5. The smallest absolute Gasteiger partial charge is 0.191 e. The van der Waals surface area contributed by atoms with Gasteiger partial charge in [-0.2, -0.15) is 0 Å². The van der Waals surface area contributed by atoms with Gasteiger partial charge in [-0.25, -0.2) is 4.98 Å². The molecule has 7 heteroatoms. The summed E-state index contributed by atoms with van der Waals surface area (Å²) in [6.07, 6.45) is 1.72. The first-order chi connectivity index (χ1) is 14.0. The minimum atomic E-state index is 0.673. The Morgan fingerprint density at radius 3 is 2.48 bits per heavy atom. The van der Waals surface area contributed by atoms with Crippen LogP contribution in [0.5, 0.6) is 0 Å². The Hall–Kier alpha value is -2.64. The lowest BCUT2D eigenvalue weighted by atomic mass is 10.1. The van der Waals surface area contributed by atoms with Crippen LogP contribution in [0, 0.1) is 13.8 Å². The number of rotatable bonds is 8. The van der Waals surface area contributed by atoms with Crippen LogP contribution in [0.2, 0.25) is 0 Å². The van der Waals surface area contributed by atoms with Gasteiger partial charge in [0.25, 0.3) is 0 Å². The summed E-state index contributed by atoms with van der Waals surface area (Å²) in [7, 11) is 3.89. The number of aryl methyl sites for hydroxylation is 2. The molecule has 0 aliphatic heterocycles. The van der Waals surface area contributed by atoms with Crippen molar-refractivity contribution in [2.24, 2.45) is 4.99 Å². The highest BCUT2D eigenvalue weighted by Gasteiger charge is 2.09. The lowest BCUT2D eigenvalue weighted by Gasteiger charge is -2.19. The van der Waals surface area contributed by atoms with Crippen molar-refractivity contribution in [2.45, 2.75) is 40.0 Å². The zero-order valence-corrected chi connectivity index (χ0v) is 18.3. The quantitative estimate of drug-likeness (QED) is 0.435. The van der Waals surface area contributed by atoms with Crippen molar-refractivity contribution in [3.05, 3.63) is 75.1 Å². The molecule has 1 aromatic carbocycles. The molecule has 0 aliphatic carbocycles. The molecule has 29 heavy (non-hydrogen) atoms. The molecule has 0 spiro atoms. The Bertz CT molecular complexity index is 913. The molecule has 0 saturated heterocycles. The number of nitrogens with zero attached hydrogens (tertiary/aromatic N) is 3. The van der Waals surface area contributed by atoms with Crippen LogP contribution in [0.3, 0.4) is 0 Å². The lowest BCUT2D eigenvalue weighted by Crippen LogP contribution is -2.36. The van der Waals surface area contributed by atoms with Gasteiger partial charge in [-0.15, -0.1) is 11.3 Å². The molecule has 0 saturated carbocycles. The molecular formula is C22H29N5OS. The highest BCUT2D eigenvalue weighted by Crippen LogP contribution is 2.16. The zero-order chi connectivity index (χ0) is 20.6. The SMILES string of the molecule is CN=C(NCc1nc(C)c(C)s1)NCc1ccccc1CN(C)Cc1ccco1. The van der Waals surface area contributed by atoms with Gasteiger partial charge in [0.05, 0.1) is 25.0 Å². The maximum Gasteiger partial charge on any atom is 0.191 e. The van der Waals surface area contributed by atoms with Crippen LogP contribution in [-0.2, 0) is 26.2 Å². The van der Waals surface area contributed by atoms with E-state index >= 15 is 0 Å². The largest absolute Gasteiger partial charge is 0.468 e. The molecule has 0 radical (unpaired) electrons. The molecule has 154 valence electrons. The maximum atomic E-state index is 5.46. The fraction of sp³-hybridized carbons (Fsp3) is 0.364. The third-order valence-electron chi connectivity index (χ3n) is 4.71. The topological polar surface area (TPSA) is 65.7 Å². The molecule has 3 rings (SSSR count). The van der Waals surface area contributed by atoms with Gasteiger partial charge in [-0.1, -0.05) is 24.3 Å². The predicted octanol–water partition coefficient (Wildman–Crippen LogP) is 3.85. The summed E-state index contributed by atoms with van der Waals surface area (Å²) in [5.74, 6) is 1.75. The Kier molecular flexibility index (Phi) is 7.43. The predicted molar refractivity (Wildman–Crippen MR) is 119 cm³/mol. The molecule has 0 unspecified atom stereocenters. The van der Waals surface area contributed by atoms with Crippen LogP contribution in [0.25, 0.3) is 0 Å². The highest BCUT2D eigenvalue weighted by atomic mass is 32.1. The van der Waals surface area contributed by atoms with Gasteiger partial charge in [-0.05, 0) is 44.2 Å². The van der Waals surface area contributed by atoms with E-state index < -0.39 is 0 Å². The van der Waals surface area contributed by atoms with Crippen molar-refractivity contribution in [3.8, 4) is 0 Å². The number of benzene rings is 1. The highest BCUT2D eigenvalue weighted by molar-refractivity contribution is 7.11. The summed E-state index contributed by atoms with van der Waals surface area (Å²) >= 11 is 1.72. The summed E-state index contributed by atoms with van der Waals surface area (Å²) in [5.41, 5.74) is 3.64. The van der Waals surface area contributed by atoms with Crippen molar-refractivity contribution in [1.82, 2.24) is 20.5 Å². The molecule has 2 aromatic heterocycles. The van der Waals surface area contributed by atoms with E-state index in [2.05, 4.69) is 63.7 Å². The normalized spacial score (nSPS) is 11.8. The summed E-state index contributed by atoms with van der Waals surface area (Å²) < 4.78 is 5.46. The van der Waals surface area contributed by atoms with Crippen molar-refractivity contribution in [1.29, 1.82) is 0 Å². The second kappa shape index (κ2) is 10.2. The minimum Gasteiger partial charge on any atom is -0.468 e. The van der Waals surface area contributed by atoms with Crippen molar-refractivity contribution < 1.29 is 4.42 Å². The second-order valence-electron chi connectivity index (χ2n) is 7.05. The average molecular weight is 412 g/mol. The third-order valence-corrected chi connectivity index (χ3v) is 5.79. The number of nitrogens with one attached hydrogen (secondary N) is 2. The van der Waals surface area contributed by atoms with E-state index in [0.717, 1.165) is 35.5 Å². The van der Waals surface area contributed by atoms with Crippen LogP contribution < -0.4 is 10.6 Å². The molecule has 2 N–H and O–H groups in total. The number of aliphatic imine (C=N–C) groups is 1. The summed E-state index contributed by atoms with van der Waals surface area (Å²) in [6.45, 7) is 7.16. The molecule has 2 heterocycles. The second-order valence-corrected chi connectivity index (χ2v) is 8.34. The van der Waals surface area contributed by atoms with Gasteiger partial charge in [0.15, 0.2) is 5.96 Å². The fourth-order valence-corrected chi connectivity index (χ4v) is 3.95. The van der Waals surface area contributed by atoms with E-state index in [4.69, 9.17) is 4.42 Å². The summed E-state index contributed by atoms with van der Waals surface area (Å²) in [4.78, 5) is 12.4. The maximum absolute atomic E-state index is 5.46. The molecule has 0 amide bonds. The molecule has 3 aromatic rings. The zero-order valence-electron chi connectivity index (χ0n) is 17.5. The first kappa shape index (κ1) is 21.1. The van der Waals surface area contributed by atoms with Crippen molar-refractivity contribution in [3.63, 3.8) is 0 Å². The number of furan rings is 1. The van der Waals surface area contributed by atoms with E-state index in [1.54, 1.807) is 24.6 Å². The van der Waals surface area contributed by atoms with Gasteiger partial charge in [-0.3, -0.25) is 9.89 Å². The van der Waals surface area contributed by atoms with Crippen molar-refractivity contribution in [2.75, 3.05) is 14.1 Å². The molecule has 0 bridgehead atoms. The van der Waals surface area contributed by atoms with E-state index in [0.29, 0.717) is 13.1 Å².